The molecule has 0 aliphatic carbocycles. The number of hydrogen-bond donors (Lipinski definition) is 4. The summed E-state index contributed by atoms with van der Waals surface area (Å²) in [6.45, 7) is 7.73. The van der Waals surface area contributed by atoms with E-state index in [0.717, 1.165) is 41.4 Å². The summed E-state index contributed by atoms with van der Waals surface area (Å²) in [5, 5.41) is 6.71. The van der Waals surface area contributed by atoms with E-state index in [0.29, 0.717) is 0 Å². The minimum atomic E-state index is 0.779. The number of benzene rings is 2. The van der Waals surface area contributed by atoms with Gasteiger partial charge in [-0.3, -0.25) is 0 Å². The van der Waals surface area contributed by atoms with Gasteiger partial charge in [0.1, 0.15) is 0 Å². The van der Waals surface area contributed by atoms with Gasteiger partial charge in [0.15, 0.2) is 0 Å². The van der Waals surface area contributed by atoms with Crippen LogP contribution < -0.4 is 22.1 Å². The molecule has 0 saturated carbocycles. The van der Waals surface area contributed by atoms with Crippen LogP contribution in [-0.4, -0.2) is 13.1 Å². The standard InChI is InChI=1S/C15H20N4.C2H6/c1-11-10-13(17)4-7-15(11)19-9-8-18-14-5-2-12(16)3-6-14;1-2/h2-7,10,18-19H,8-9,16-17H2,1H3;1-2H3. The molecule has 0 saturated heterocycles. The van der Waals surface area contributed by atoms with E-state index in [1.54, 1.807) is 0 Å². The highest BCUT2D eigenvalue weighted by Crippen LogP contribution is 2.17. The van der Waals surface area contributed by atoms with Crippen LogP contribution in [0.15, 0.2) is 42.5 Å². The summed E-state index contributed by atoms with van der Waals surface area (Å²) in [5.41, 5.74) is 16.3. The van der Waals surface area contributed by atoms with Gasteiger partial charge in [0.2, 0.25) is 0 Å². The highest BCUT2D eigenvalue weighted by atomic mass is 14.9. The first kappa shape index (κ1) is 16.7. The molecule has 114 valence electrons. The molecule has 4 nitrogen and oxygen atoms in total. The molecule has 0 aliphatic heterocycles. The van der Waals surface area contributed by atoms with Crippen molar-refractivity contribution in [2.75, 3.05) is 35.2 Å². The number of nitrogen functional groups attached to an aromatic ring is 2. The molecule has 2 rings (SSSR count). The van der Waals surface area contributed by atoms with Crippen LogP contribution >= 0.6 is 0 Å². The zero-order chi connectivity index (χ0) is 15.7. The van der Waals surface area contributed by atoms with E-state index in [4.69, 9.17) is 11.5 Å². The van der Waals surface area contributed by atoms with Gasteiger partial charge in [-0.05, 0) is 55.0 Å². The molecule has 0 aromatic heterocycles. The van der Waals surface area contributed by atoms with E-state index in [1.807, 2.05) is 63.2 Å². The third kappa shape index (κ3) is 5.65. The molecular formula is C17H26N4. The average Bonchev–Trinajstić information content (AvgIpc) is 2.49. The molecule has 2 aromatic rings. The van der Waals surface area contributed by atoms with Crippen LogP contribution in [0.3, 0.4) is 0 Å². The van der Waals surface area contributed by atoms with E-state index < -0.39 is 0 Å². The van der Waals surface area contributed by atoms with Crippen molar-refractivity contribution in [1.82, 2.24) is 0 Å². The molecule has 21 heavy (non-hydrogen) atoms. The number of rotatable bonds is 5. The fourth-order valence-corrected chi connectivity index (χ4v) is 1.89. The van der Waals surface area contributed by atoms with Crippen molar-refractivity contribution in [2.24, 2.45) is 0 Å². The summed E-state index contributed by atoms with van der Waals surface area (Å²) in [6.07, 6.45) is 0. The van der Waals surface area contributed by atoms with Crippen LogP contribution in [0, 0.1) is 6.92 Å². The van der Waals surface area contributed by atoms with Gasteiger partial charge in [-0.2, -0.15) is 0 Å². The summed E-state index contributed by atoms with van der Waals surface area (Å²) in [7, 11) is 0. The lowest BCUT2D eigenvalue weighted by Crippen LogP contribution is -2.14. The van der Waals surface area contributed by atoms with Crippen LogP contribution in [0.25, 0.3) is 0 Å². The second-order valence-electron chi connectivity index (χ2n) is 4.55. The molecule has 0 atom stereocenters. The fourth-order valence-electron chi connectivity index (χ4n) is 1.89. The van der Waals surface area contributed by atoms with Crippen molar-refractivity contribution in [2.45, 2.75) is 20.8 Å². The summed E-state index contributed by atoms with van der Waals surface area (Å²) >= 11 is 0. The van der Waals surface area contributed by atoms with Gasteiger partial charge >= 0.3 is 0 Å². The average molecular weight is 286 g/mol. The Morgan fingerprint density at radius 1 is 0.810 bits per heavy atom. The van der Waals surface area contributed by atoms with Crippen LogP contribution in [0.5, 0.6) is 0 Å². The molecule has 0 aliphatic rings. The first-order valence-corrected chi connectivity index (χ1v) is 7.34. The number of hydrogen-bond acceptors (Lipinski definition) is 4. The normalized spacial score (nSPS) is 9.48. The summed E-state index contributed by atoms with van der Waals surface area (Å²) in [6, 6.07) is 13.6. The minimum Gasteiger partial charge on any atom is -0.399 e. The van der Waals surface area contributed by atoms with Gasteiger partial charge in [-0.1, -0.05) is 13.8 Å². The van der Waals surface area contributed by atoms with Crippen molar-refractivity contribution in [3.63, 3.8) is 0 Å². The van der Waals surface area contributed by atoms with Crippen LogP contribution in [-0.2, 0) is 0 Å². The van der Waals surface area contributed by atoms with Crippen molar-refractivity contribution in [1.29, 1.82) is 0 Å². The highest BCUT2D eigenvalue weighted by Gasteiger charge is 1.97. The zero-order valence-electron chi connectivity index (χ0n) is 13.1. The molecule has 0 heterocycles. The lowest BCUT2D eigenvalue weighted by molar-refractivity contribution is 1.08. The topological polar surface area (TPSA) is 76.1 Å². The SMILES string of the molecule is CC.Cc1cc(N)ccc1NCCNc1ccc(N)cc1. The Morgan fingerprint density at radius 2 is 1.38 bits per heavy atom. The molecule has 0 spiro atoms. The van der Waals surface area contributed by atoms with Crippen molar-refractivity contribution < 1.29 is 0 Å². The number of nitrogens with one attached hydrogen (secondary N) is 2. The molecule has 0 amide bonds. The molecule has 0 fully saturated rings. The van der Waals surface area contributed by atoms with Crippen molar-refractivity contribution in [3.8, 4) is 0 Å². The second-order valence-corrected chi connectivity index (χ2v) is 4.55. The Hall–Kier alpha value is -2.36. The smallest absolute Gasteiger partial charge is 0.0372 e. The summed E-state index contributed by atoms with van der Waals surface area (Å²) < 4.78 is 0. The number of nitrogens with two attached hydrogens (primary N) is 2. The van der Waals surface area contributed by atoms with Gasteiger partial charge in [0.25, 0.3) is 0 Å². The van der Waals surface area contributed by atoms with Gasteiger partial charge in [-0.25, -0.2) is 0 Å². The van der Waals surface area contributed by atoms with Crippen LogP contribution in [0.4, 0.5) is 22.7 Å². The molecule has 0 unspecified atom stereocenters. The molecule has 4 heteroatoms. The van der Waals surface area contributed by atoms with Gasteiger partial charge in [-0.15, -0.1) is 0 Å². The third-order valence-electron chi connectivity index (χ3n) is 2.93. The van der Waals surface area contributed by atoms with Crippen LogP contribution in [0.2, 0.25) is 0 Å². The van der Waals surface area contributed by atoms with E-state index in [1.165, 1.54) is 0 Å². The minimum absolute atomic E-state index is 0.779. The quantitative estimate of drug-likeness (QED) is 0.499. The second kappa shape index (κ2) is 8.74. The maximum absolute atomic E-state index is 5.72. The lowest BCUT2D eigenvalue weighted by atomic mass is 10.2. The summed E-state index contributed by atoms with van der Waals surface area (Å²) in [4.78, 5) is 0. The summed E-state index contributed by atoms with van der Waals surface area (Å²) in [5.74, 6) is 0. The Balaban J connectivity index is 0.00000106. The Morgan fingerprint density at radius 3 is 2.00 bits per heavy atom. The van der Waals surface area contributed by atoms with E-state index >= 15 is 0 Å². The Bertz CT molecular complexity index is 535. The van der Waals surface area contributed by atoms with E-state index in [2.05, 4.69) is 10.6 Å². The molecule has 2 aromatic carbocycles. The largest absolute Gasteiger partial charge is 0.399 e. The van der Waals surface area contributed by atoms with Gasteiger partial charge in [0, 0.05) is 35.8 Å². The number of anilines is 4. The molecule has 0 radical (unpaired) electrons. The van der Waals surface area contributed by atoms with E-state index in [9.17, 15) is 0 Å². The maximum atomic E-state index is 5.72. The predicted molar refractivity (Wildman–Crippen MR) is 94.8 cm³/mol. The fraction of sp³-hybridized carbons (Fsp3) is 0.294. The Kier molecular flexibility index (Phi) is 6.95. The first-order valence-electron chi connectivity index (χ1n) is 7.34. The highest BCUT2D eigenvalue weighted by molar-refractivity contribution is 5.57. The van der Waals surface area contributed by atoms with Gasteiger partial charge in [0.05, 0.1) is 0 Å². The van der Waals surface area contributed by atoms with E-state index in [-0.39, 0.29) is 0 Å². The Labute approximate surface area is 127 Å². The van der Waals surface area contributed by atoms with Crippen LogP contribution in [0.1, 0.15) is 19.4 Å². The van der Waals surface area contributed by atoms with Crippen molar-refractivity contribution >= 4 is 22.7 Å². The van der Waals surface area contributed by atoms with Gasteiger partial charge < -0.3 is 22.1 Å². The zero-order valence-corrected chi connectivity index (χ0v) is 13.1. The molecule has 0 bridgehead atoms. The predicted octanol–water partition coefficient (Wildman–Crippen LogP) is 3.71. The molecule has 6 N–H and O–H groups in total. The third-order valence-corrected chi connectivity index (χ3v) is 2.93. The monoisotopic (exact) mass is 286 g/mol. The first-order chi connectivity index (χ1) is 10.1. The maximum Gasteiger partial charge on any atom is 0.0372 e. The number of aryl methyl sites for hydroxylation is 1. The lowest BCUT2D eigenvalue weighted by Gasteiger charge is -2.11. The molecular weight excluding hydrogens is 260 g/mol. The van der Waals surface area contributed by atoms with Crippen molar-refractivity contribution in [3.05, 3.63) is 48.0 Å².